The van der Waals surface area contributed by atoms with E-state index < -0.39 is 0 Å². The van der Waals surface area contributed by atoms with Crippen LogP contribution in [-0.4, -0.2) is 40.4 Å². The topological polar surface area (TPSA) is 76.4 Å². The van der Waals surface area contributed by atoms with Crippen LogP contribution in [0.3, 0.4) is 0 Å². The van der Waals surface area contributed by atoms with E-state index >= 15 is 0 Å². The van der Waals surface area contributed by atoms with Crippen molar-refractivity contribution in [3.63, 3.8) is 0 Å². The number of aryl methyl sites for hydroxylation is 1. The molecule has 0 radical (unpaired) electrons. The fraction of sp³-hybridized carbons (Fsp3) is 0.286. The van der Waals surface area contributed by atoms with Gasteiger partial charge in [0.15, 0.2) is 11.8 Å². The molecule has 0 saturated carbocycles. The average molecular weight is 506 g/mol. The third kappa shape index (κ3) is 7.37. The molecule has 0 spiro atoms. The summed E-state index contributed by atoms with van der Waals surface area (Å²) < 4.78 is 7.48. The van der Waals surface area contributed by atoms with Gasteiger partial charge in [-0.1, -0.05) is 17.7 Å². The van der Waals surface area contributed by atoms with Gasteiger partial charge in [0, 0.05) is 25.1 Å². The second-order valence-corrected chi connectivity index (χ2v) is 6.26. The minimum absolute atomic E-state index is 0. The van der Waals surface area contributed by atoms with E-state index in [1.54, 1.807) is 17.1 Å². The molecule has 29 heavy (non-hydrogen) atoms. The van der Waals surface area contributed by atoms with Crippen molar-refractivity contribution < 1.29 is 4.74 Å². The number of aromatic nitrogens is 3. The number of pyridine rings is 1. The molecule has 0 fully saturated rings. The summed E-state index contributed by atoms with van der Waals surface area (Å²) in [6.45, 7) is 6.67. The Balaban J connectivity index is 0.00000300. The van der Waals surface area contributed by atoms with E-state index in [4.69, 9.17) is 4.74 Å². The van der Waals surface area contributed by atoms with Gasteiger partial charge in [-0.15, -0.1) is 24.0 Å². The average Bonchev–Trinajstić information content (AvgIpc) is 3.26. The van der Waals surface area contributed by atoms with Crippen LogP contribution in [0.4, 0.5) is 0 Å². The van der Waals surface area contributed by atoms with Gasteiger partial charge in [-0.2, -0.15) is 5.10 Å². The number of hydrogen-bond donors (Lipinski definition) is 2. The second-order valence-electron chi connectivity index (χ2n) is 6.26. The van der Waals surface area contributed by atoms with Crippen molar-refractivity contribution >= 4 is 29.9 Å². The number of ether oxygens (including phenoxy) is 1. The Morgan fingerprint density at radius 1 is 1.14 bits per heavy atom. The minimum Gasteiger partial charge on any atom is -0.492 e. The van der Waals surface area contributed by atoms with Gasteiger partial charge >= 0.3 is 0 Å². The highest BCUT2D eigenvalue weighted by Crippen LogP contribution is 2.11. The van der Waals surface area contributed by atoms with Gasteiger partial charge in [-0.05, 0) is 49.7 Å². The molecule has 2 N–H and O–H groups in total. The number of nitrogens with one attached hydrogen (secondary N) is 2. The van der Waals surface area contributed by atoms with Crippen molar-refractivity contribution in [1.29, 1.82) is 0 Å². The number of halogens is 1. The van der Waals surface area contributed by atoms with Gasteiger partial charge in [0.2, 0.25) is 0 Å². The standard InChI is InChI=1S/C21H26N6O.HI/c1-3-22-21(24-12-14-28-19-7-5-17(2)6-8-19)25-16-18-9-11-23-20(15-18)27-13-4-10-26-27;/h4-11,13,15H,3,12,14,16H2,1-2H3,(H2,22,24,25);1H. The van der Waals surface area contributed by atoms with Crippen molar-refractivity contribution in [2.45, 2.75) is 20.4 Å². The SMILES string of the molecule is CCNC(=NCc1ccnc(-n2cccn2)c1)NCCOc1ccc(C)cc1.I. The highest BCUT2D eigenvalue weighted by molar-refractivity contribution is 14.0. The summed E-state index contributed by atoms with van der Waals surface area (Å²) in [6, 6.07) is 13.9. The predicted molar refractivity (Wildman–Crippen MR) is 126 cm³/mol. The van der Waals surface area contributed by atoms with E-state index in [0.717, 1.165) is 29.6 Å². The summed E-state index contributed by atoms with van der Waals surface area (Å²) in [4.78, 5) is 8.99. The summed E-state index contributed by atoms with van der Waals surface area (Å²) in [6.07, 6.45) is 5.38. The number of hydrogen-bond acceptors (Lipinski definition) is 4. The third-order valence-electron chi connectivity index (χ3n) is 4.00. The fourth-order valence-corrected chi connectivity index (χ4v) is 2.57. The lowest BCUT2D eigenvalue weighted by atomic mass is 10.2. The molecule has 3 rings (SSSR count). The monoisotopic (exact) mass is 506 g/mol. The van der Waals surface area contributed by atoms with Gasteiger partial charge in [0.05, 0.1) is 13.1 Å². The molecule has 0 amide bonds. The third-order valence-corrected chi connectivity index (χ3v) is 4.00. The summed E-state index contributed by atoms with van der Waals surface area (Å²) in [5, 5.41) is 10.8. The maximum absolute atomic E-state index is 5.75. The lowest BCUT2D eigenvalue weighted by Crippen LogP contribution is -2.39. The maximum Gasteiger partial charge on any atom is 0.191 e. The molecule has 0 bridgehead atoms. The summed E-state index contributed by atoms with van der Waals surface area (Å²) in [7, 11) is 0. The summed E-state index contributed by atoms with van der Waals surface area (Å²) >= 11 is 0. The Morgan fingerprint density at radius 3 is 2.69 bits per heavy atom. The Hall–Kier alpha value is -2.62. The molecule has 0 aliphatic rings. The van der Waals surface area contributed by atoms with Crippen molar-refractivity contribution in [2.24, 2.45) is 4.99 Å². The largest absolute Gasteiger partial charge is 0.492 e. The Kier molecular flexibility index (Phi) is 9.42. The molecule has 2 heterocycles. The zero-order valence-corrected chi connectivity index (χ0v) is 19.0. The van der Waals surface area contributed by atoms with Crippen LogP contribution < -0.4 is 15.4 Å². The molecule has 2 aromatic heterocycles. The van der Waals surface area contributed by atoms with Crippen LogP contribution in [0.1, 0.15) is 18.1 Å². The Morgan fingerprint density at radius 2 is 1.97 bits per heavy atom. The van der Waals surface area contributed by atoms with Crippen molar-refractivity contribution in [2.75, 3.05) is 19.7 Å². The minimum atomic E-state index is 0. The molecule has 8 heteroatoms. The number of nitrogens with zero attached hydrogens (tertiary/aromatic N) is 4. The van der Waals surface area contributed by atoms with Crippen LogP contribution in [0.25, 0.3) is 5.82 Å². The zero-order valence-electron chi connectivity index (χ0n) is 16.7. The maximum atomic E-state index is 5.75. The van der Waals surface area contributed by atoms with Crippen LogP contribution in [0.2, 0.25) is 0 Å². The van der Waals surface area contributed by atoms with Crippen LogP contribution in [0.5, 0.6) is 5.75 Å². The summed E-state index contributed by atoms with van der Waals surface area (Å²) in [5.74, 6) is 2.41. The van der Waals surface area contributed by atoms with E-state index in [0.29, 0.717) is 19.7 Å². The molecule has 7 nitrogen and oxygen atoms in total. The van der Waals surface area contributed by atoms with Gasteiger partial charge < -0.3 is 15.4 Å². The number of guanidine groups is 1. The van der Waals surface area contributed by atoms with Crippen molar-refractivity contribution in [3.05, 3.63) is 72.2 Å². The first kappa shape index (κ1) is 22.7. The highest BCUT2D eigenvalue weighted by atomic mass is 127. The van der Waals surface area contributed by atoms with E-state index in [1.807, 2.05) is 55.6 Å². The second kappa shape index (κ2) is 12.1. The number of benzene rings is 1. The number of rotatable bonds is 8. The lowest BCUT2D eigenvalue weighted by molar-refractivity contribution is 0.322. The first-order chi connectivity index (χ1) is 13.7. The predicted octanol–water partition coefficient (Wildman–Crippen LogP) is 3.33. The molecule has 0 saturated heterocycles. The van der Waals surface area contributed by atoms with E-state index in [2.05, 4.69) is 32.6 Å². The van der Waals surface area contributed by atoms with E-state index in [1.165, 1.54) is 5.56 Å². The summed E-state index contributed by atoms with van der Waals surface area (Å²) in [5.41, 5.74) is 2.28. The molecular weight excluding hydrogens is 479 g/mol. The van der Waals surface area contributed by atoms with Gasteiger partial charge in [0.25, 0.3) is 0 Å². The van der Waals surface area contributed by atoms with Gasteiger partial charge in [-0.25, -0.2) is 14.7 Å². The molecule has 1 aromatic carbocycles. The Bertz CT molecular complexity index is 880. The molecular formula is C21H27IN6O. The van der Waals surface area contributed by atoms with Crippen molar-refractivity contribution in [3.8, 4) is 11.6 Å². The van der Waals surface area contributed by atoms with Crippen molar-refractivity contribution in [1.82, 2.24) is 25.4 Å². The molecule has 3 aromatic rings. The van der Waals surface area contributed by atoms with Crippen LogP contribution in [-0.2, 0) is 6.54 Å². The van der Waals surface area contributed by atoms with Gasteiger partial charge in [-0.3, -0.25) is 0 Å². The van der Waals surface area contributed by atoms with Crippen LogP contribution in [0, 0.1) is 6.92 Å². The molecule has 154 valence electrons. The molecule has 0 aliphatic carbocycles. The number of aliphatic imine (C=N–C) groups is 1. The molecule has 0 unspecified atom stereocenters. The van der Waals surface area contributed by atoms with E-state index in [9.17, 15) is 0 Å². The smallest absolute Gasteiger partial charge is 0.191 e. The molecule has 0 aliphatic heterocycles. The molecule has 0 atom stereocenters. The first-order valence-electron chi connectivity index (χ1n) is 9.41. The van der Waals surface area contributed by atoms with Crippen LogP contribution >= 0.6 is 24.0 Å². The van der Waals surface area contributed by atoms with Crippen LogP contribution in [0.15, 0.2) is 66.0 Å². The quantitative estimate of drug-likeness (QED) is 0.212. The Labute approximate surface area is 188 Å². The van der Waals surface area contributed by atoms with E-state index in [-0.39, 0.29) is 24.0 Å². The fourth-order valence-electron chi connectivity index (χ4n) is 2.57. The lowest BCUT2D eigenvalue weighted by Gasteiger charge is -2.12. The normalized spacial score (nSPS) is 10.9. The zero-order chi connectivity index (χ0) is 19.6. The highest BCUT2D eigenvalue weighted by Gasteiger charge is 2.02. The van der Waals surface area contributed by atoms with Gasteiger partial charge in [0.1, 0.15) is 12.4 Å². The first-order valence-corrected chi connectivity index (χ1v) is 9.41.